The van der Waals surface area contributed by atoms with E-state index in [1.807, 2.05) is 17.0 Å². The first kappa shape index (κ1) is 21.6. The molecule has 0 bridgehead atoms. The maximum atomic E-state index is 13.5. The second-order valence-electron chi connectivity index (χ2n) is 8.42. The number of nitrogens with one attached hydrogen (secondary N) is 1. The van der Waals surface area contributed by atoms with Crippen LogP contribution in [0.3, 0.4) is 0 Å². The molecule has 0 aromatic heterocycles. The smallest absolute Gasteiger partial charge is 0.233 e. The zero-order valence-corrected chi connectivity index (χ0v) is 17.9. The fourth-order valence-corrected chi connectivity index (χ4v) is 4.69. The highest BCUT2D eigenvalue weighted by Crippen LogP contribution is 2.37. The van der Waals surface area contributed by atoms with Crippen molar-refractivity contribution in [2.24, 2.45) is 0 Å². The van der Waals surface area contributed by atoms with Crippen molar-refractivity contribution in [1.82, 2.24) is 15.1 Å². The van der Waals surface area contributed by atoms with Gasteiger partial charge in [-0.05, 0) is 37.0 Å². The SMILES string of the molecule is O=C(N1CCNCC1)C1(c2ccc(OCCCN3CCOCC3)cc2)CCOCC1. The monoisotopic (exact) mass is 417 g/mol. The van der Waals surface area contributed by atoms with Crippen LogP contribution in [0.25, 0.3) is 0 Å². The first-order valence-corrected chi connectivity index (χ1v) is 11.4. The molecule has 3 heterocycles. The predicted octanol–water partition coefficient (Wildman–Crippen LogP) is 1.27. The van der Waals surface area contributed by atoms with E-state index in [1.54, 1.807) is 0 Å². The number of carbonyl (C=O) groups excluding carboxylic acids is 1. The highest BCUT2D eigenvalue weighted by Gasteiger charge is 2.44. The van der Waals surface area contributed by atoms with Crippen molar-refractivity contribution in [3.05, 3.63) is 29.8 Å². The van der Waals surface area contributed by atoms with E-state index >= 15 is 0 Å². The minimum Gasteiger partial charge on any atom is -0.494 e. The van der Waals surface area contributed by atoms with E-state index in [0.29, 0.717) is 19.8 Å². The van der Waals surface area contributed by atoms with Crippen molar-refractivity contribution in [2.45, 2.75) is 24.7 Å². The molecule has 1 N–H and O–H groups in total. The Labute approximate surface area is 179 Å². The van der Waals surface area contributed by atoms with Gasteiger partial charge in [-0.15, -0.1) is 0 Å². The third-order valence-corrected chi connectivity index (χ3v) is 6.56. The second-order valence-corrected chi connectivity index (χ2v) is 8.42. The van der Waals surface area contributed by atoms with Crippen LogP contribution in [0, 0.1) is 0 Å². The van der Waals surface area contributed by atoms with Crippen LogP contribution in [0.2, 0.25) is 0 Å². The first-order valence-electron chi connectivity index (χ1n) is 11.4. The van der Waals surface area contributed by atoms with Gasteiger partial charge in [0.1, 0.15) is 5.75 Å². The van der Waals surface area contributed by atoms with Gasteiger partial charge in [0, 0.05) is 59.0 Å². The van der Waals surface area contributed by atoms with Crippen molar-refractivity contribution in [3.63, 3.8) is 0 Å². The molecular weight excluding hydrogens is 382 g/mol. The van der Waals surface area contributed by atoms with E-state index < -0.39 is 5.41 Å². The van der Waals surface area contributed by atoms with Gasteiger partial charge in [0.2, 0.25) is 5.91 Å². The summed E-state index contributed by atoms with van der Waals surface area (Å²) in [7, 11) is 0. The lowest BCUT2D eigenvalue weighted by Crippen LogP contribution is -2.55. The summed E-state index contributed by atoms with van der Waals surface area (Å²) in [4.78, 5) is 18.0. The van der Waals surface area contributed by atoms with Gasteiger partial charge >= 0.3 is 0 Å². The molecular formula is C23H35N3O4. The van der Waals surface area contributed by atoms with Crippen LogP contribution in [0.1, 0.15) is 24.8 Å². The van der Waals surface area contributed by atoms with Gasteiger partial charge in [-0.2, -0.15) is 0 Å². The van der Waals surface area contributed by atoms with E-state index in [0.717, 1.165) is 89.6 Å². The summed E-state index contributed by atoms with van der Waals surface area (Å²) >= 11 is 0. The zero-order chi connectivity index (χ0) is 20.7. The second kappa shape index (κ2) is 10.6. The molecule has 0 atom stereocenters. The van der Waals surface area contributed by atoms with Crippen LogP contribution in [0.5, 0.6) is 5.75 Å². The number of hydrogen-bond donors (Lipinski definition) is 1. The fraction of sp³-hybridized carbons (Fsp3) is 0.696. The molecule has 4 rings (SSSR count). The topological polar surface area (TPSA) is 63.3 Å². The molecule has 7 nitrogen and oxygen atoms in total. The molecule has 3 aliphatic heterocycles. The third kappa shape index (κ3) is 5.14. The molecule has 0 aliphatic carbocycles. The minimum absolute atomic E-state index is 0.256. The number of ether oxygens (including phenoxy) is 3. The summed E-state index contributed by atoms with van der Waals surface area (Å²) < 4.78 is 17.0. The average Bonchev–Trinajstić information content (AvgIpc) is 2.83. The maximum absolute atomic E-state index is 13.5. The highest BCUT2D eigenvalue weighted by molar-refractivity contribution is 5.88. The Hall–Kier alpha value is -1.67. The summed E-state index contributed by atoms with van der Waals surface area (Å²) in [6, 6.07) is 8.21. The predicted molar refractivity (Wildman–Crippen MR) is 115 cm³/mol. The summed E-state index contributed by atoms with van der Waals surface area (Å²) in [5.74, 6) is 1.13. The van der Waals surface area contributed by atoms with Crippen molar-refractivity contribution in [3.8, 4) is 5.75 Å². The lowest BCUT2D eigenvalue weighted by atomic mass is 9.73. The summed E-state index contributed by atoms with van der Waals surface area (Å²) in [5.41, 5.74) is 0.625. The quantitative estimate of drug-likeness (QED) is 0.674. The number of rotatable bonds is 7. The number of benzene rings is 1. The van der Waals surface area contributed by atoms with E-state index in [1.165, 1.54) is 0 Å². The molecule has 0 unspecified atom stereocenters. The zero-order valence-electron chi connectivity index (χ0n) is 17.9. The molecule has 30 heavy (non-hydrogen) atoms. The summed E-state index contributed by atoms with van der Waals surface area (Å²) in [6.45, 7) is 10.0. The van der Waals surface area contributed by atoms with Gasteiger partial charge in [-0.3, -0.25) is 9.69 Å². The van der Waals surface area contributed by atoms with Crippen LogP contribution in [0.15, 0.2) is 24.3 Å². The van der Waals surface area contributed by atoms with Crippen LogP contribution in [-0.2, 0) is 19.7 Å². The molecule has 1 aromatic carbocycles. The Kier molecular flexibility index (Phi) is 7.60. The number of piperazine rings is 1. The molecule has 7 heteroatoms. The molecule has 0 spiro atoms. The van der Waals surface area contributed by atoms with Gasteiger partial charge in [-0.1, -0.05) is 12.1 Å². The summed E-state index contributed by atoms with van der Waals surface area (Å²) in [5, 5.41) is 3.33. The van der Waals surface area contributed by atoms with Crippen molar-refractivity contribution < 1.29 is 19.0 Å². The van der Waals surface area contributed by atoms with E-state index in [2.05, 4.69) is 22.3 Å². The van der Waals surface area contributed by atoms with Crippen molar-refractivity contribution >= 4 is 5.91 Å². The molecule has 1 aromatic rings. The van der Waals surface area contributed by atoms with Crippen molar-refractivity contribution in [1.29, 1.82) is 0 Å². The van der Waals surface area contributed by atoms with Gasteiger partial charge in [0.05, 0.1) is 25.2 Å². The van der Waals surface area contributed by atoms with Gasteiger partial charge in [-0.25, -0.2) is 0 Å². The van der Waals surface area contributed by atoms with E-state index in [-0.39, 0.29) is 5.91 Å². The number of carbonyl (C=O) groups is 1. The number of nitrogens with zero attached hydrogens (tertiary/aromatic N) is 2. The van der Waals surface area contributed by atoms with Crippen LogP contribution >= 0.6 is 0 Å². The molecule has 0 saturated carbocycles. The molecule has 0 radical (unpaired) electrons. The number of hydrogen-bond acceptors (Lipinski definition) is 6. The minimum atomic E-state index is -0.468. The molecule has 166 valence electrons. The fourth-order valence-electron chi connectivity index (χ4n) is 4.69. The van der Waals surface area contributed by atoms with Crippen LogP contribution < -0.4 is 10.1 Å². The molecule has 3 aliphatic rings. The van der Waals surface area contributed by atoms with Gasteiger partial charge in [0.15, 0.2) is 0 Å². The maximum Gasteiger partial charge on any atom is 0.233 e. The van der Waals surface area contributed by atoms with Gasteiger partial charge < -0.3 is 24.4 Å². The Morgan fingerprint density at radius 1 is 0.967 bits per heavy atom. The molecule has 3 fully saturated rings. The Balaban J connectivity index is 1.35. The highest BCUT2D eigenvalue weighted by atomic mass is 16.5. The first-order chi connectivity index (χ1) is 14.8. The van der Waals surface area contributed by atoms with E-state index in [9.17, 15) is 4.79 Å². The van der Waals surface area contributed by atoms with E-state index in [4.69, 9.17) is 14.2 Å². The number of morpholine rings is 1. The normalized spacial score (nSPS) is 22.6. The summed E-state index contributed by atoms with van der Waals surface area (Å²) in [6.07, 6.45) is 2.50. The third-order valence-electron chi connectivity index (χ3n) is 6.56. The lowest BCUT2D eigenvalue weighted by Gasteiger charge is -2.41. The largest absolute Gasteiger partial charge is 0.494 e. The standard InChI is InChI=1S/C23H35N3O4/c27-22(26-11-8-24-9-12-26)23(6-16-28-17-7-23)20-2-4-21(5-3-20)30-15-1-10-25-13-18-29-19-14-25/h2-5,24H,1,6-19H2. The average molecular weight is 418 g/mol. The number of amides is 1. The Morgan fingerprint density at radius 3 is 2.33 bits per heavy atom. The Bertz CT molecular complexity index is 664. The molecule has 3 saturated heterocycles. The molecule has 1 amide bonds. The van der Waals surface area contributed by atoms with Crippen molar-refractivity contribution in [2.75, 3.05) is 78.8 Å². The Morgan fingerprint density at radius 2 is 1.63 bits per heavy atom. The van der Waals surface area contributed by atoms with Gasteiger partial charge in [0.25, 0.3) is 0 Å². The lowest BCUT2D eigenvalue weighted by molar-refractivity contribution is -0.142. The van der Waals surface area contributed by atoms with Crippen LogP contribution in [0.4, 0.5) is 0 Å². The van der Waals surface area contributed by atoms with Crippen LogP contribution in [-0.4, -0.2) is 94.6 Å².